The van der Waals surface area contributed by atoms with Crippen LogP contribution < -0.4 is 5.73 Å². The van der Waals surface area contributed by atoms with Crippen molar-refractivity contribution in [2.24, 2.45) is 7.05 Å². The summed E-state index contributed by atoms with van der Waals surface area (Å²) in [7, 11) is 5.59. The number of aryl methyl sites for hydroxylation is 2. The number of amides is 1. The summed E-state index contributed by atoms with van der Waals surface area (Å²) in [5, 5.41) is 10.6. The number of hydrogen-bond donors (Lipinski definition) is 1. The van der Waals surface area contributed by atoms with Gasteiger partial charge in [0.1, 0.15) is 17.5 Å². The number of benzene rings is 1. The van der Waals surface area contributed by atoms with Crippen molar-refractivity contribution in [3.05, 3.63) is 82.8 Å². The summed E-state index contributed by atoms with van der Waals surface area (Å²) in [6.07, 6.45) is 5.02. The number of aromatic nitrogens is 3. The van der Waals surface area contributed by atoms with Crippen LogP contribution in [0.3, 0.4) is 0 Å². The smallest absolute Gasteiger partial charge is 0.253 e. The molecule has 0 saturated heterocycles. The third-order valence-corrected chi connectivity index (χ3v) is 7.72. The van der Waals surface area contributed by atoms with Crippen LogP contribution in [-0.4, -0.2) is 57.4 Å². The molecule has 2 N–H and O–H groups in total. The number of nitrogen functional groups attached to an aromatic ring is 1. The van der Waals surface area contributed by atoms with Gasteiger partial charge in [-0.1, -0.05) is 12.1 Å². The molecule has 4 heterocycles. The summed E-state index contributed by atoms with van der Waals surface area (Å²) in [4.78, 5) is 25.3. The minimum Gasteiger partial charge on any atom is -0.384 e. The number of nitrogens with two attached hydrogens (primary N) is 1. The number of carbonyl (C=O) groups is 1. The molecule has 1 aliphatic heterocycles. The van der Waals surface area contributed by atoms with E-state index in [1.54, 1.807) is 31.3 Å². The van der Waals surface area contributed by atoms with E-state index in [1.807, 2.05) is 31.3 Å². The van der Waals surface area contributed by atoms with Crippen molar-refractivity contribution < 1.29 is 4.79 Å². The average Bonchev–Trinajstić information content (AvgIpc) is 3.28. The van der Waals surface area contributed by atoms with Gasteiger partial charge in [-0.3, -0.25) is 9.69 Å². The summed E-state index contributed by atoms with van der Waals surface area (Å²) in [5.41, 5.74) is 14.2. The lowest BCUT2D eigenvalue weighted by Gasteiger charge is -2.32. The minimum atomic E-state index is 0.0198. The van der Waals surface area contributed by atoms with Crippen LogP contribution in [-0.2, 0) is 7.05 Å². The first-order valence-corrected chi connectivity index (χ1v) is 13.1. The normalized spacial score (nSPS) is 14.6. The fraction of sp³-hybridized carbons (Fsp3) is 0.290. The van der Waals surface area contributed by atoms with E-state index in [0.717, 1.165) is 52.9 Å². The van der Waals surface area contributed by atoms with Gasteiger partial charge in [0.05, 0.1) is 0 Å². The Bertz CT molecular complexity index is 1660. The molecule has 0 unspecified atom stereocenters. The lowest BCUT2D eigenvalue weighted by molar-refractivity contribution is 0.0827. The number of carbonyl (C=O) groups excluding carboxylic acids is 1. The third kappa shape index (κ3) is 4.77. The molecule has 198 valence electrons. The third-order valence-electron chi connectivity index (χ3n) is 7.72. The maximum Gasteiger partial charge on any atom is 0.253 e. The Balaban J connectivity index is 1.42. The van der Waals surface area contributed by atoms with Gasteiger partial charge in [-0.25, -0.2) is 9.97 Å². The van der Waals surface area contributed by atoms with Gasteiger partial charge in [-0.2, -0.15) is 5.26 Å². The van der Waals surface area contributed by atoms with Crippen LogP contribution in [0.15, 0.2) is 54.7 Å². The van der Waals surface area contributed by atoms with Crippen LogP contribution in [0.4, 0.5) is 5.82 Å². The summed E-state index contributed by atoms with van der Waals surface area (Å²) >= 11 is 0. The molecule has 1 atom stereocenters. The van der Waals surface area contributed by atoms with Gasteiger partial charge < -0.3 is 15.2 Å². The molecule has 1 amide bonds. The first kappa shape index (κ1) is 26.1. The molecular formula is C31H33N7O. The molecular weight excluding hydrogens is 486 g/mol. The van der Waals surface area contributed by atoms with Crippen molar-refractivity contribution >= 4 is 28.3 Å². The lowest BCUT2D eigenvalue weighted by atomic mass is 9.93. The van der Waals surface area contributed by atoms with Crippen molar-refractivity contribution in [3.63, 3.8) is 0 Å². The van der Waals surface area contributed by atoms with Gasteiger partial charge in [-0.15, -0.1) is 0 Å². The monoisotopic (exact) mass is 519 g/mol. The second kappa shape index (κ2) is 10.4. The Kier molecular flexibility index (Phi) is 6.94. The molecule has 39 heavy (non-hydrogen) atoms. The first-order valence-electron chi connectivity index (χ1n) is 13.1. The van der Waals surface area contributed by atoms with E-state index in [0.29, 0.717) is 17.1 Å². The maximum atomic E-state index is 12.4. The molecule has 0 radical (unpaired) electrons. The van der Waals surface area contributed by atoms with E-state index < -0.39 is 0 Å². The van der Waals surface area contributed by atoms with Gasteiger partial charge in [0.2, 0.25) is 0 Å². The summed E-state index contributed by atoms with van der Waals surface area (Å²) in [6, 6.07) is 16.0. The second-order valence-electron chi connectivity index (χ2n) is 10.3. The molecule has 5 rings (SSSR count). The van der Waals surface area contributed by atoms with E-state index in [2.05, 4.69) is 57.6 Å². The molecule has 3 aromatic heterocycles. The van der Waals surface area contributed by atoms with Crippen LogP contribution in [0.5, 0.6) is 0 Å². The summed E-state index contributed by atoms with van der Waals surface area (Å²) in [5.74, 6) is 0.347. The van der Waals surface area contributed by atoms with Crippen molar-refractivity contribution in [3.8, 4) is 17.2 Å². The number of pyridine rings is 2. The number of nitriles is 1. The number of rotatable bonds is 5. The average molecular weight is 520 g/mol. The van der Waals surface area contributed by atoms with Crippen LogP contribution >= 0.6 is 0 Å². The Hall–Kier alpha value is -4.48. The molecule has 1 aliphatic rings. The predicted octanol–water partition coefficient (Wildman–Crippen LogP) is 4.95. The fourth-order valence-electron chi connectivity index (χ4n) is 5.53. The molecule has 1 aromatic carbocycles. The molecule has 0 saturated carbocycles. The molecule has 0 aliphatic carbocycles. The van der Waals surface area contributed by atoms with Gasteiger partial charge in [-0.05, 0) is 78.9 Å². The fourth-order valence-corrected chi connectivity index (χ4v) is 5.53. The Morgan fingerprint density at radius 2 is 1.90 bits per heavy atom. The quantitative estimate of drug-likeness (QED) is 0.400. The van der Waals surface area contributed by atoms with Crippen molar-refractivity contribution in [2.75, 3.05) is 32.9 Å². The highest BCUT2D eigenvalue weighted by Crippen LogP contribution is 2.35. The SMILES string of the molecule is Cc1cc(C(=O)N(C)C)ccc1C1=CCN([C@@H](C)c2cc3c(-c4ccc(N)nc4C#N)ccnc3n2C)CC1. The number of anilines is 1. The number of hydrogen-bond acceptors (Lipinski definition) is 6. The van der Waals surface area contributed by atoms with Crippen LogP contribution in [0.25, 0.3) is 27.7 Å². The Labute approximate surface area is 229 Å². The first-order chi connectivity index (χ1) is 18.7. The zero-order valence-corrected chi connectivity index (χ0v) is 23.1. The zero-order valence-electron chi connectivity index (χ0n) is 23.1. The topological polar surface area (TPSA) is 104 Å². The standard InChI is InChI=1S/C31H33N7O/c1-19-16-22(31(39)36(3)4)6-7-23(19)21-11-14-38(15-12-21)20(2)28-17-26-24(10-13-34-30(26)37(28)5)25-8-9-29(33)35-27(25)18-32/h6-11,13,16-17,20H,12,14-15H2,1-5H3,(H2,33,35)/t20-/m0/s1. The zero-order chi connectivity index (χ0) is 27.8. The lowest BCUT2D eigenvalue weighted by Crippen LogP contribution is -2.32. The highest BCUT2D eigenvalue weighted by molar-refractivity contribution is 5.95. The highest BCUT2D eigenvalue weighted by Gasteiger charge is 2.24. The van der Waals surface area contributed by atoms with E-state index in [-0.39, 0.29) is 11.9 Å². The summed E-state index contributed by atoms with van der Waals surface area (Å²) < 4.78 is 2.14. The van der Waals surface area contributed by atoms with Gasteiger partial charge in [0, 0.05) is 68.7 Å². The van der Waals surface area contributed by atoms with Crippen LogP contribution in [0.1, 0.15) is 52.3 Å². The van der Waals surface area contributed by atoms with Crippen LogP contribution in [0, 0.1) is 18.3 Å². The van der Waals surface area contributed by atoms with Crippen molar-refractivity contribution in [2.45, 2.75) is 26.3 Å². The summed E-state index contributed by atoms with van der Waals surface area (Å²) in [6.45, 7) is 6.06. The maximum absolute atomic E-state index is 12.4. The highest BCUT2D eigenvalue weighted by atomic mass is 16.2. The Morgan fingerprint density at radius 3 is 2.56 bits per heavy atom. The second-order valence-corrected chi connectivity index (χ2v) is 10.3. The van der Waals surface area contributed by atoms with Gasteiger partial charge in [0.25, 0.3) is 5.91 Å². The predicted molar refractivity (Wildman–Crippen MR) is 155 cm³/mol. The van der Waals surface area contributed by atoms with E-state index >= 15 is 0 Å². The molecule has 4 aromatic rings. The van der Waals surface area contributed by atoms with E-state index in [9.17, 15) is 10.1 Å². The molecule has 0 bridgehead atoms. The molecule has 8 nitrogen and oxygen atoms in total. The van der Waals surface area contributed by atoms with E-state index in [1.165, 1.54) is 11.1 Å². The molecule has 0 spiro atoms. The number of nitrogens with zero attached hydrogens (tertiary/aromatic N) is 6. The minimum absolute atomic E-state index is 0.0198. The molecule has 8 heteroatoms. The van der Waals surface area contributed by atoms with Gasteiger partial charge >= 0.3 is 0 Å². The molecule has 0 fully saturated rings. The number of fused-ring (bicyclic) bond motifs is 1. The van der Waals surface area contributed by atoms with Gasteiger partial charge in [0.15, 0.2) is 5.69 Å². The van der Waals surface area contributed by atoms with Crippen LogP contribution in [0.2, 0.25) is 0 Å². The largest absolute Gasteiger partial charge is 0.384 e. The van der Waals surface area contributed by atoms with E-state index in [4.69, 9.17) is 5.73 Å². The Morgan fingerprint density at radius 1 is 1.13 bits per heavy atom. The van der Waals surface area contributed by atoms with Crippen molar-refractivity contribution in [1.82, 2.24) is 24.3 Å². The van der Waals surface area contributed by atoms with Crippen molar-refractivity contribution in [1.29, 1.82) is 5.26 Å².